The molecule has 0 fully saturated rings. The highest BCUT2D eigenvalue weighted by Crippen LogP contribution is 2.31. The first-order valence-corrected chi connectivity index (χ1v) is 4.74. The lowest BCUT2D eigenvalue weighted by Crippen LogP contribution is -2.32. The Labute approximate surface area is 97.4 Å². The number of halogens is 4. The minimum Gasteiger partial charge on any atom is -0.395 e. The number of β-amino-alcohol motifs (C(OH)–C–C–N with tert-alkyl or cyclic N) is 1. The third-order valence-electron chi connectivity index (χ3n) is 2.51. The predicted octanol–water partition coefficient (Wildman–Crippen LogP) is 0.831. The van der Waals surface area contributed by atoms with Gasteiger partial charge in [-0.2, -0.15) is 0 Å². The zero-order chi connectivity index (χ0) is 13.6. The molecule has 1 aliphatic rings. The van der Waals surface area contributed by atoms with Crippen LogP contribution in [0.15, 0.2) is 0 Å². The molecule has 1 aromatic carbocycles. The van der Waals surface area contributed by atoms with Crippen LogP contribution in [0.25, 0.3) is 0 Å². The number of aliphatic hydroxyl groups excluding tert-OH is 1. The number of amides is 2. The average Bonchev–Trinajstić information content (AvgIpc) is 2.59. The molecule has 1 heterocycles. The van der Waals surface area contributed by atoms with E-state index >= 15 is 0 Å². The summed E-state index contributed by atoms with van der Waals surface area (Å²) in [4.78, 5) is 23.4. The molecule has 1 aromatic rings. The number of carbonyl (C=O) groups is 2. The maximum Gasteiger partial charge on any atom is 0.264 e. The van der Waals surface area contributed by atoms with Crippen LogP contribution in [0.2, 0.25) is 0 Å². The highest BCUT2D eigenvalue weighted by atomic mass is 19.2. The molecule has 0 radical (unpaired) electrons. The van der Waals surface area contributed by atoms with Crippen LogP contribution < -0.4 is 0 Å². The molecule has 8 heteroatoms. The van der Waals surface area contributed by atoms with Gasteiger partial charge in [-0.3, -0.25) is 14.5 Å². The highest BCUT2D eigenvalue weighted by molar-refractivity contribution is 6.21. The number of hydrogen-bond donors (Lipinski definition) is 1. The van der Waals surface area contributed by atoms with Crippen LogP contribution in [0.1, 0.15) is 20.7 Å². The van der Waals surface area contributed by atoms with E-state index in [9.17, 15) is 27.2 Å². The molecule has 0 saturated heterocycles. The minimum absolute atomic E-state index is 0.315. The van der Waals surface area contributed by atoms with E-state index in [2.05, 4.69) is 0 Å². The number of carbonyl (C=O) groups excluding carboxylic acids is 2. The Kier molecular flexibility index (Phi) is 2.81. The molecule has 2 amide bonds. The van der Waals surface area contributed by atoms with Gasteiger partial charge < -0.3 is 5.11 Å². The molecular weight excluding hydrogens is 258 g/mol. The Morgan fingerprint density at radius 1 is 0.833 bits per heavy atom. The number of imide groups is 1. The van der Waals surface area contributed by atoms with Gasteiger partial charge >= 0.3 is 0 Å². The Balaban J connectivity index is 2.72. The highest BCUT2D eigenvalue weighted by Gasteiger charge is 2.43. The molecule has 0 aromatic heterocycles. The van der Waals surface area contributed by atoms with Gasteiger partial charge in [0, 0.05) is 0 Å². The summed E-state index contributed by atoms with van der Waals surface area (Å²) in [6, 6.07) is 0. The third kappa shape index (κ3) is 1.42. The number of fused-ring (bicyclic) bond motifs is 1. The maximum absolute atomic E-state index is 13.3. The van der Waals surface area contributed by atoms with Crippen molar-refractivity contribution in [3.8, 4) is 0 Å². The van der Waals surface area contributed by atoms with Crippen molar-refractivity contribution >= 4 is 11.8 Å². The van der Waals surface area contributed by atoms with E-state index in [1.807, 2.05) is 0 Å². The monoisotopic (exact) mass is 263 g/mol. The van der Waals surface area contributed by atoms with E-state index in [-0.39, 0.29) is 0 Å². The molecule has 0 spiro atoms. The smallest absolute Gasteiger partial charge is 0.264 e. The van der Waals surface area contributed by atoms with Gasteiger partial charge in [-0.05, 0) is 0 Å². The number of hydrogen-bond acceptors (Lipinski definition) is 3. The maximum atomic E-state index is 13.3. The first-order chi connectivity index (χ1) is 8.41. The first-order valence-electron chi connectivity index (χ1n) is 4.74. The van der Waals surface area contributed by atoms with E-state index < -0.39 is 59.4 Å². The van der Waals surface area contributed by atoms with Gasteiger partial charge in [0.25, 0.3) is 11.8 Å². The molecule has 0 unspecified atom stereocenters. The van der Waals surface area contributed by atoms with Crippen LogP contribution in [0, 0.1) is 23.3 Å². The summed E-state index contributed by atoms with van der Waals surface area (Å²) in [6.45, 7) is -1.16. The summed E-state index contributed by atoms with van der Waals surface area (Å²) in [7, 11) is 0. The van der Waals surface area contributed by atoms with Crippen molar-refractivity contribution in [2.24, 2.45) is 0 Å². The second kappa shape index (κ2) is 4.05. The predicted molar refractivity (Wildman–Crippen MR) is 48.7 cm³/mol. The van der Waals surface area contributed by atoms with Gasteiger partial charge in [-0.25, -0.2) is 17.6 Å². The number of nitrogens with zero attached hydrogens (tertiary/aromatic N) is 1. The summed E-state index contributed by atoms with van der Waals surface area (Å²) < 4.78 is 52.6. The van der Waals surface area contributed by atoms with Crippen LogP contribution in [-0.2, 0) is 0 Å². The van der Waals surface area contributed by atoms with Gasteiger partial charge in [0.05, 0.1) is 24.3 Å². The van der Waals surface area contributed by atoms with Crippen LogP contribution in [0.4, 0.5) is 17.6 Å². The normalized spacial score (nSPS) is 14.4. The Morgan fingerprint density at radius 3 is 1.56 bits per heavy atom. The molecule has 1 N–H and O–H groups in total. The number of aliphatic hydroxyl groups is 1. The lowest BCUT2D eigenvalue weighted by molar-refractivity contribution is 0.0621. The summed E-state index contributed by atoms with van der Waals surface area (Å²) in [5, 5.41) is 8.61. The van der Waals surface area contributed by atoms with E-state index in [4.69, 9.17) is 5.11 Å². The van der Waals surface area contributed by atoms with Gasteiger partial charge in [-0.1, -0.05) is 0 Å². The quantitative estimate of drug-likeness (QED) is 0.372. The molecule has 2 rings (SSSR count). The molecule has 1 aliphatic heterocycles. The Morgan fingerprint density at radius 2 is 1.22 bits per heavy atom. The largest absolute Gasteiger partial charge is 0.395 e. The summed E-state index contributed by atoms with van der Waals surface area (Å²) in [5.74, 6) is -10.7. The fourth-order valence-electron chi connectivity index (χ4n) is 1.70. The topological polar surface area (TPSA) is 57.6 Å². The van der Waals surface area contributed by atoms with Crippen molar-refractivity contribution in [3.05, 3.63) is 34.4 Å². The van der Waals surface area contributed by atoms with Gasteiger partial charge in [-0.15, -0.1) is 0 Å². The van der Waals surface area contributed by atoms with Crippen LogP contribution in [-0.4, -0.2) is 35.0 Å². The van der Waals surface area contributed by atoms with E-state index in [0.717, 1.165) is 0 Å². The summed E-state index contributed by atoms with van der Waals surface area (Å²) in [6.07, 6.45) is 0. The first kappa shape index (κ1) is 12.5. The van der Waals surface area contributed by atoms with E-state index in [1.54, 1.807) is 0 Å². The third-order valence-corrected chi connectivity index (χ3v) is 2.51. The molecule has 0 saturated carbocycles. The zero-order valence-corrected chi connectivity index (χ0v) is 8.64. The molecule has 96 valence electrons. The number of benzene rings is 1. The van der Waals surface area contributed by atoms with Crippen molar-refractivity contribution in [3.63, 3.8) is 0 Å². The SMILES string of the molecule is O=C1c2c(F)c(F)c(F)c(F)c2C(=O)N1CCO. The molecule has 18 heavy (non-hydrogen) atoms. The standard InChI is InChI=1S/C10H5F4NO3/c11-5-3-4(6(12)8(14)7(5)13)10(18)15(1-2-16)9(3)17/h16H,1-2H2. The molecule has 0 aliphatic carbocycles. The fourth-order valence-corrected chi connectivity index (χ4v) is 1.70. The molecule has 0 atom stereocenters. The van der Waals surface area contributed by atoms with Crippen LogP contribution >= 0.6 is 0 Å². The molecule has 4 nitrogen and oxygen atoms in total. The van der Waals surface area contributed by atoms with Crippen molar-refractivity contribution in [2.75, 3.05) is 13.2 Å². The van der Waals surface area contributed by atoms with Crippen LogP contribution in [0.3, 0.4) is 0 Å². The van der Waals surface area contributed by atoms with Crippen molar-refractivity contribution in [2.45, 2.75) is 0 Å². The van der Waals surface area contributed by atoms with E-state index in [0.29, 0.717) is 4.90 Å². The van der Waals surface area contributed by atoms with Gasteiger partial charge in [0.15, 0.2) is 23.3 Å². The van der Waals surface area contributed by atoms with Crippen molar-refractivity contribution < 1.29 is 32.3 Å². The minimum atomic E-state index is -2.15. The summed E-state index contributed by atoms with van der Waals surface area (Å²) in [5.41, 5.74) is -2.30. The lowest BCUT2D eigenvalue weighted by Gasteiger charge is -2.10. The fraction of sp³-hybridized carbons (Fsp3) is 0.200. The second-order valence-corrected chi connectivity index (χ2v) is 3.49. The lowest BCUT2D eigenvalue weighted by atomic mass is 10.1. The zero-order valence-electron chi connectivity index (χ0n) is 8.64. The second-order valence-electron chi connectivity index (χ2n) is 3.49. The summed E-state index contributed by atoms with van der Waals surface area (Å²) >= 11 is 0. The van der Waals surface area contributed by atoms with Crippen LogP contribution in [0.5, 0.6) is 0 Å². The molecule has 0 bridgehead atoms. The molecular formula is C10H5F4NO3. The Hall–Kier alpha value is -1.96. The Bertz CT molecular complexity index is 526. The number of rotatable bonds is 2. The average molecular weight is 263 g/mol. The van der Waals surface area contributed by atoms with Gasteiger partial charge in [0.2, 0.25) is 0 Å². The van der Waals surface area contributed by atoms with Crippen molar-refractivity contribution in [1.82, 2.24) is 4.90 Å². The van der Waals surface area contributed by atoms with E-state index in [1.165, 1.54) is 0 Å². The van der Waals surface area contributed by atoms with Crippen molar-refractivity contribution in [1.29, 1.82) is 0 Å². The van der Waals surface area contributed by atoms with Gasteiger partial charge in [0.1, 0.15) is 0 Å².